The second-order valence-electron chi connectivity index (χ2n) is 14.2. The maximum absolute atomic E-state index is 14.4. The number of hydrogen-bond acceptors (Lipinski definition) is 7. The zero-order valence-electron chi connectivity index (χ0n) is 26.6. The van der Waals surface area contributed by atoms with Gasteiger partial charge in [-0.3, -0.25) is 24.0 Å². The van der Waals surface area contributed by atoms with Gasteiger partial charge >= 0.3 is 0 Å². The summed E-state index contributed by atoms with van der Waals surface area (Å²) >= 11 is 0. The molecule has 44 heavy (non-hydrogen) atoms. The van der Waals surface area contributed by atoms with E-state index in [1.807, 2.05) is 24.3 Å². The molecule has 2 saturated carbocycles. The van der Waals surface area contributed by atoms with Gasteiger partial charge in [0.15, 0.2) is 28.7 Å². The van der Waals surface area contributed by atoms with E-state index >= 15 is 0 Å². The fourth-order valence-electron chi connectivity index (χ4n) is 8.90. The molecule has 0 amide bonds. The van der Waals surface area contributed by atoms with Gasteiger partial charge < -0.3 is 10.2 Å². The zero-order chi connectivity index (χ0) is 32.7. The molecule has 0 aromatic heterocycles. The number of hydrogen-bond donors (Lipinski definition) is 2. The van der Waals surface area contributed by atoms with Crippen LogP contribution >= 0.6 is 0 Å². The lowest BCUT2D eigenvalue weighted by Crippen LogP contribution is -2.76. The molecule has 7 nitrogen and oxygen atoms in total. The van der Waals surface area contributed by atoms with Gasteiger partial charge in [0.25, 0.3) is 0 Å². The van der Waals surface area contributed by atoms with Crippen molar-refractivity contribution in [2.45, 2.75) is 79.2 Å². The van der Waals surface area contributed by atoms with Crippen LogP contribution in [0.4, 0.5) is 0 Å². The largest absolute Gasteiger partial charge is 0.507 e. The van der Waals surface area contributed by atoms with Gasteiger partial charge in [-0.25, -0.2) is 0 Å². The number of aromatic hydroxyl groups is 1. The van der Waals surface area contributed by atoms with Gasteiger partial charge in [0.05, 0.1) is 11.5 Å². The molecular weight excluding hydrogens is 556 g/mol. The molecule has 2 aromatic carbocycles. The smallest absolute Gasteiger partial charge is 0.190 e. The van der Waals surface area contributed by atoms with E-state index in [0.717, 1.165) is 35.6 Å². The maximum Gasteiger partial charge on any atom is 0.190 e. The average molecular weight is 599 g/mol. The molecule has 0 radical (unpaired) electrons. The van der Waals surface area contributed by atoms with Crippen molar-refractivity contribution >= 4 is 28.9 Å². The van der Waals surface area contributed by atoms with E-state index in [1.54, 1.807) is 33.8 Å². The number of phenols is 1. The van der Waals surface area contributed by atoms with Gasteiger partial charge in [-0.2, -0.15) is 0 Å². The van der Waals surface area contributed by atoms with Crippen LogP contribution in [0.2, 0.25) is 0 Å². The number of Topliss-reactive ketones (excluding diaryl/α,β-unsaturated/α-hetero) is 5. The van der Waals surface area contributed by atoms with Crippen LogP contribution in [0.5, 0.6) is 5.75 Å². The third-order valence-electron chi connectivity index (χ3n) is 11.1. The molecule has 0 heterocycles. The third-order valence-corrected chi connectivity index (χ3v) is 11.1. The Hall–Kier alpha value is -3.71. The minimum Gasteiger partial charge on any atom is -0.507 e. The summed E-state index contributed by atoms with van der Waals surface area (Å²) < 4.78 is 0. The van der Waals surface area contributed by atoms with Gasteiger partial charge in [-0.15, -0.1) is 0 Å². The van der Waals surface area contributed by atoms with Gasteiger partial charge in [-0.05, 0) is 65.8 Å². The standard InChI is InChI=1S/C37H42O7/c1-9-19(4)20(5)22-10-12-23(13-11-22)24-14-15-26(39)28-25(24)16-35(7)17-36(8)29(18(2)3)31(40)27(21(6)38)33(42)37(36,44)34(43)30(35)32(28)41/h10-15,18,20,27,29-30,39,44H,4,9,16-17H2,1-3,5-8H3/t20?,27?,29?,30?,35-,36-,37+/m1/s1. The Bertz CT molecular complexity index is 1630. The summed E-state index contributed by atoms with van der Waals surface area (Å²) in [5, 5.41) is 23.1. The minimum atomic E-state index is -2.70. The molecule has 5 rings (SSSR count). The van der Waals surface area contributed by atoms with Crippen molar-refractivity contribution in [2.24, 2.45) is 34.5 Å². The van der Waals surface area contributed by atoms with Crippen LogP contribution in [0.15, 0.2) is 48.6 Å². The SMILES string of the molecule is C=C(CC)C(C)c1ccc(-c2ccc(O)c3c2C[C@]2(C)C[C@]4(C)C(C(C)C)C(=O)C(C(C)=O)C(=O)[C@]4(O)C(=O)C2C3=O)cc1. The molecule has 2 fully saturated rings. The summed E-state index contributed by atoms with van der Waals surface area (Å²) in [6.45, 7) is 16.4. The Morgan fingerprint density at radius 1 is 1.00 bits per heavy atom. The number of ketones is 5. The van der Waals surface area contributed by atoms with Crippen LogP contribution in [-0.4, -0.2) is 44.7 Å². The fraction of sp³-hybridized carbons (Fsp3) is 0.486. The third kappa shape index (κ3) is 4.15. The van der Waals surface area contributed by atoms with Crippen molar-refractivity contribution in [3.8, 4) is 16.9 Å². The highest BCUT2D eigenvalue weighted by Crippen LogP contribution is 2.64. The molecule has 0 saturated heterocycles. The van der Waals surface area contributed by atoms with E-state index in [0.29, 0.717) is 5.56 Å². The number of fused-ring (bicyclic) bond motifs is 3. The minimum absolute atomic E-state index is 0.00481. The number of phenolic OH excluding ortho intramolecular Hbond substituents is 1. The Labute approximate surface area is 258 Å². The number of benzene rings is 2. The molecule has 232 valence electrons. The first kappa shape index (κ1) is 31.7. The van der Waals surface area contributed by atoms with Gasteiger partial charge in [-0.1, -0.05) is 84.0 Å². The predicted molar refractivity (Wildman–Crippen MR) is 166 cm³/mol. The summed E-state index contributed by atoms with van der Waals surface area (Å²) in [4.78, 5) is 68.8. The molecule has 4 unspecified atom stereocenters. The Balaban J connectivity index is 1.67. The summed E-state index contributed by atoms with van der Waals surface area (Å²) in [5.74, 6) is -8.76. The first-order valence-corrected chi connectivity index (χ1v) is 15.5. The Morgan fingerprint density at radius 3 is 2.16 bits per heavy atom. The number of carbonyl (C=O) groups excluding carboxylic acids is 5. The average Bonchev–Trinajstić information content (AvgIpc) is 2.94. The first-order chi connectivity index (χ1) is 20.5. The topological polar surface area (TPSA) is 126 Å². The summed E-state index contributed by atoms with van der Waals surface area (Å²) in [6, 6.07) is 11.2. The van der Waals surface area contributed by atoms with E-state index in [-0.39, 0.29) is 30.1 Å². The van der Waals surface area contributed by atoms with E-state index in [9.17, 15) is 34.2 Å². The quantitative estimate of drug-likeness (QED) is 0.317. The van der Waals surface area contributed by atoms with Crippen molar-refractivity contribution in [3.63, 3.8) is 0 Å². The van der Waals surface area contributed by atoms with Crippen molar-refractivity contribution in [2.75, 3.05) is 0 Å². The summed E-state index contributed by atoms with van der Waals surface area (Å²) in [6.07, 6.45) is 1.09. The van der Waals surface area contributed by atoms with Gasteiger partial charge in [0.1, 0.15) is 17.5 Å². The molecule has 7 heteroatoms. The number of carbonyl (C=O) groups is 5. The number of aliphatic hydroxyl groups is 1. The molecule has 0 spiro atoms. The van der Waals surface area contributed by atoms with Crippen molar-refractivity contribution < 1.29 is 34.2 Å². The molecule has 3 aliphatic carbocycles. The highest BCUT2D eigenvalue weighted by Gasteiger charge is 2.76. The first-order valence-electron chi connectivity index (χ1n) is 15.5. The van der Waals surface area contributed by atoms with Crippen LogP contribution in [0.3, 0.4) is 0 Å². The lowest BCUT2D eigenvalue weighted by molar-refractivity contribution is -0.205. The number of allylic oxidation sites excluding steroid dienone is 1. The molecule has 0 bridgehead atoms. The van der Waals surface area contributed by atoms with Crippen LogP contribution in [-0.2, 0) is 25.6 Å². The zero-order valence-corrected chi connectivity index (χ0v) is 26.6. The van der Waals surface area contributed by atoms with Crippen molar-refractivity contribution in [1.29, 1.82) is 0 Å². The highest BCUT2D eigenvalue weighted by atomic mass is 16.3. The van der Waals surface area contributed by atoms with Crippen LogP contribution < -0.4 is 0 Å². The van der Waals surface area contributed by atoms with Crippen LogP contribution in [0, 0.1) is 34.5 Å². The molecule has 2 N–H and O–H groups in total. The summed E-state index contributed by atoms with van der Waals surface area (Å²) in [7, 11) is 0. The van der Waals surface area contributed by atoms with Crippen LogP contribution in [0.1, 0.15) is 88.7 Å². The molecule has 7 atom stereocenters. The fourth-order valence-corrected chi connectivity index (χ4v) is 8.90. The highest BCUT2D eigenvalue weighted by molar-refractivity contribution is 6.32. The van der Waals surface area contributed by atoms with Gasteiger partial charge in [0.2, 0.25) is 0 Å². The maximum atomic E-state index is 14.4. The molecule has 0 aliphatic heterocycles. The predicted octanol–water partition coefficient (Wildman–Crippen LogP) is 5.83. The van der Waals surface area contributed by atoms with E-state index in [1.165, 1.54) is 6.07 Å². The molecular formula is C37H42O7. The van der Waals surface area contributed by atoms with E-state index < -0.39 is 69.0 Å². The van der Waals surface area contributed by atoms with E-state index in [2.05, 4.69) is 20.4 Å². The lowest BCUT2D eigenvalue weighted by atomic mass is 9.40. The van der Waals surface area contributed by atoms with Crippen LogP contribution in [0.25, 0.3) is 11.1 Å². The Kier molecular flexibility index (Phi) is 7.52. The summed E-state index contributed by atoms with van der Waals surface area (Å²) in [5.41, 5.74) is -0.920. The normalized spacial score (nSPS) is 32.2. The van der Waals surface area contributed by atoms with Crippen molar-refractivity contribution in [1.82, 2.24) is 0 Å². The molecule has 2 aromatic rings. The Morgan fingerprint density at radius 2 is 1.61 bits per heavy atom. The second-order valence-corrected chi connectivity index (χ2v) is 14.2. The molecule has 3 aliphatic rings. The monoisotopic (exact) mass is 598 g/mol. The van der Waals surface area contributed by atoms with Gasteiger partial charge in [0, 0.05) is 17.3 Å². The van der Waals surface area contributed by atoms with E-state index in [4.69, 9.17) is 0 Å². The number of rotatable bonds is 6. The second kappa shape index (κ2) is 10.4. The van der Waals surface area contributed by atoms with Crippen molar-refractivity contribution in [3.05, 3.63) is 65.2 Å². The lowest BCUT2D eigenvalue weighted by Gasteiger charge is -2.61.